The van der Waals surface area contributed by atoms with E-state index in [4.69, 9.17) is 27.7 Å². The number of benzene rings is 3. The lowest BCUT2D eigenvalue weighted by molar-refractivity contribution is 0.214. The molecule has 0 fully saturated rings. The lowest BCUT2D eigenvalue weighted by Crippen LogP contribution is -2.03. The number of halogens is 2. The summed E-state index contributed by atoms with van der Waals surface area (Å²) in [5.41, 5.74) is 5.50. The maximum absolute atomic E-state index is 11.1. The van der Waals surface area contributed by atoms with Crippen LogP contribution < -0.4 is 0 Å². The molecule has 0 saturated heterocycles. The molecule has 1 unspecified atom stereocenters. The fourth-order valence-corrected chi connectivity index (χ4v) is 4.16. The van der Waals surface area contributed by atoms with Crippen LogP contribution in [0, 0.1) is 6.92 Å². The molecule has 2 heterocycles. The average Bonchev–Trinajstić information content (AvgIpc) is 3.48. The highest BCUT2D eigenvalue weighted by Gasteiger charge is 2.25. The van der Waals surface area contributed by atoms with E-state index in [1.54, 1.807) is 29.9 Å². The topological polar surface area (TPSA) is 77.0 Å². The van der Waals surface area contributed by atoms with Crippen molar-refractivity contribution in [3.63, 3.8) is 0 Å². The highest BCUT2D eigenvalue weighted by molar-refractivity contribution is 6.42. The molecule has 5 rings (SSSR count). The van der Waals surface area contributed by atoms with Crippen LogP contribution in [-0.2, 0) is 6.54 Å². The summed E-state index contributed by atoms with van der Waals surface area (Å²) in [6, 6.07) is 23.5. The fraction of sp³-hybridized carbons (Fsp3) is 0.115. The molecule has 34 heavy (non-hydrogen) atoms. The van der Waals surface area contributed by atoms with Crippen molar-refractivity contribution < 1.29 is 9.63 Å². The first-order valence-electron chi connectivity index (χ1n) is 10.6. The SMILES string of the molecule is Cc1noc(-c2ccc(-c3ccccc3)cc2)c1C(O)c1cn(Cc2ccc(Cl)c(Cl)c2)nn1. The largest absolute Gasteiger partial charge is 0.382 e. The van der Waals surface area contributed by atoms with Gasteiger partial charge >= 0.3 is 0 Å². The Bertz CT molecular complexity index is 1430. The van der Waals surface area contributed by atoms with Crippen LogP contribution in [0.3, 0.4) is 0 Å². The van der Waals surface area contributed by atoms with E-state index in [2.05, 4.69) is 27.6 Å². The molecule has 1 N–H and O–H groups in total. The molecular formula is C26H20Cl2N4O2. The molecule has 3 aromatic carbocycles. The number of aryl methyl sites for hydroxylation is 1. The van der Waals surface area contributed by atoms with E-state index >= 15 is 0 Å². The summed E-state index contributed by atoms with van der Waals surface area (Å²) in [6.45, 7) is 2.23. The summed E-state index contributed by atoms with van der Waals surface area (Å²) in [7, 11) is 0. The number of hydrogen-bond donors (Lipinski definition) is 1. The van der Waals surface area contributed by atoms with E-state index in [0.29, 0.717) is 39.3 Å². The maximum Gasteiger partial charge on any atom is 0.173 e. The summed E-state index contributed by atoms with van der Waals surface area (Å²) in [6.07, 6.45) is 0.652. The van der Waals surface area contributed by atoms with E-state index in [9.17, 15) is 5.11 Å². The molecule has 2 aromatic heterocycles. The second-order valence-corrected chi connectivity index (χ2v) is 8.76. The van der Waals surface area contributed by atoms with Crippen LogP contribution in [0.4, 0.5) is 0 Å². The Morgan fingerprint density at radius 3 is 2.35 bits per heavy atom. The number of rotatable bonds is 6. The monoisotopic (exact) mass is 490 g/mol. The lowest BCUT2D eigenvalue weighted by atomic mass is 9.98. The number of aliphatic hydroxyl groups is 1. The quantitative estimate of drug-likeness (QED) is 0.300. The van der Waals surface area contributed by atoms with Crippen LogP contribution in [0.5, 0.6) is 0 Å². The second kappa shape index (κ2) is 9.43. The number of aromatic nitrogens is 4. The standard InChI is InChI=1S/C26H20Cl2N4O2/c1-16-24(25(33)23-15-32(31-29-23)14-17-7-12-21(27)22(28)13-17)26(34-30-16)20-10-8-19(9-11-20)18-5-3-2-4-6-18/h2-13,15,25,33H,14H2,1H3. The molecule has 0 radical (unpaired) electrons. The smallest absolute Gasteiger partial charge is 0.173 e. The van der Waals surface area contributed by atoms with Crippen molar-refractivity contribution in [1.29, 1.82) is 0 Å². The molecule has 0 saturated carbocycles. The Labute approximate surface area is 206 Å². The highest BCUT2D eigenvalue weighted by atomic mass is 35.5. The van der Waals surface area contributed by atoms with Crippen molar-refractivity contribution in [2.45, 2.75) is 19.6 Å². The van der Waals surface area contributed by atoms with Gasteiger partial charge in [0.1, 0.15) is 11.8 Å². The van der Waals surface area contributed by atoms with E-state index in [1.165, 1.54) is 0 Å². The molecule has 170 valence electrons. The van der Waals surface area contributed by atoms with Crippen molar-refractivity contribution in [2.24, 2.45) is 0 Å². The number of hydrogen-bond acceptors (Lipinski definition) is 5. The molecule has 1 atom stereocenters. The summed E-state index contributed by atoms with van der Waals surface area (Å²) < 4.78 is 7.24. The molecule has 8 heteroatoms. The Hall–Kier alpha value is -3.45. The van der Waals surface area contributed by atoms with E-state index < -0.39 is 6.10 Å². The zero-order chi connectivity index (χ0) is 23.7. The second-order valence-electron chi connectivity index (χ2n) is 7.95. The summed E-state index contributed by atoms with van der Waals surface area (Å²) >= 11 is 12.1. The van der Waals surface area contributed by atoms with Gasteiger partial charge in [0, 0.05) is 5.56 Å². The van der Waals surface area contributed by atoms with Crippen molar-refractivity contribution in [3.8, 4) is 22.5 Å². The van der Waals surface area contributed by atoms with Crippen LogP contribution in [0.25, 0.3) is 22.5 Å². The highest BCUT2D eigenvalue weighted by Crippen LogP contribution is 2.34. The summed E-state index contributed by atoms with van der Waals surface area (Å²) in [5.74, 6) is 0.503. The Kier molecular flexibility index (Phi) is 6.20. The van der Waals surface area contributed by atoms with Gasteiger partial charge in [-0.3, -0.25) is 0 Å². The minimum Gasteiger partial charge on any atom is -0.382 e. The zero-order valence-corrected chi connectivity index (χ0v) is 19.7. The van der Waals surface area contributed by atoms with E-state index in [0.717, 1.165) is 22.3 Å². The molecule has 5 aromatic rings. The number of nitrogens with zero attached hydrogens (tertiary/aromatic N) is 4. The molecule has 0 aliphatic carbocycles. The van der Waals surface area contributed by atoms with E-state index in [1.807, 2.05) is 48.5 Å². The fourth-order valence-electron chi connectivity index (χ4n) is 3.84. The minimum atomic E-state index is -1.04. The molecule has 0 amide bonds. The minimum absolute atomic E-state index is 0.397. The first kappa shape index (κ1) is 22.3. The van der Waals surface area contributed by atoms with Gasteiger partial charge < -0.3 is 9.63 Å². The first-order valence-corrected chi connectivity index (χ1v) is 11.4. The Morgan fingerprint density at radius 2 is 1.62 bits per heavy atom. The molecule has 6 nitrogen and oxygen atoms in total. The van der Waals surface area contributed by atoms with Crippen LogP contribution in [0.2, 0.25) is 10.0 Å². The summed E-state index contributed by atoms with van der Waals surface area (Å²) in [5, 5.41) is 24.5. The molecule has 0 aliphatic heterocycles. The van der Waals surface area contributed by atoms with E-state index in [-0.39, 0.29) is 0 Å². The van der Waals surface area contributed by atoms with Crippen molar-refractivity contribution in [2.75, 3.05) is 0 Å². The van der Waals surface area contributed by atoms with Crippen LogP contribution in [0.15, 0.2) is 83.5 Å². The molecular weight excluding hydrogens is 471 g/mol. The normalized spacial score (nSPS) is 12.1. The Balaban J connectivity index is 1.40. The summed E-state index contributed by atoms with van der Waals surface area (Å²) in [4.78, 5) is 0. The van der Waals surface area contributed by atoms with Gasteiger partial charge in [-0.15, -0.1) is 5.10 Å². The van der Waals surface area contributed by atoms with Crippen LogP contribution in [0.1, 0.15) is 28.6 Å². The van der Waals surface area contributed by atoms with Gasteiger partial charge in [-0.25, -0.2) is 4.68 Å². The van der Waals surface area contributed by atoms with Gasteiger partial charge in [0.2, 0.25) is 0 Å². The Morgan fingerprint density at radius 1 is 0.912 bits per heavy atom. The van der Waals surface area contributed by atoms with Gasteiger partial charge in [0.25, 0.3) is 0 Å². The molecule has 0 bridgehead atoms. The maximum atomic E-state index is 11.1. The molecule has 0 spiro atoms. The third-order valence-corrected chi connectivity index (χ3v) is 6.34. The first-order chi connectivity index (χ1) is 16.5. The van der Waals surface area contributed by atoms with Gasteiger partial charge in [0.15, 0.2) is 5.76 Å². The van der Waals surface area contributed by atoms with Crippen LogP contribution >= 0.6 is 23.2 Å². The van der Waals surface area contributed by atoms with Gasteiger partial charge in [-0.2, -0.15) is 0 Å². The van der Waals surface area contributed by atoms with Crippen molar-refractivity contribution >= 4 is 23.2 Å². The van der Waals surface area contributed by atoms with Crippen LogP contribution in [-0.4, -0.2) is 25.3 Å². The van der Waals surface area contributed by atoms with Gasteiger partial charge in [0.05, 0.1) is 34.0 Å². The predicted molar refractivity (Wildman–Crippen MR) is 132 cm³/mol. The number of aliphatic hydroxyl groups excluding tert-OH is 1. The van der Waals surface area contributed by atoms with Gasteiger partial charge in [-0.1, -0.05) is 94.2 Å². The van der Waals surface area contributed by atoms with Crippen molar-refractivity contribution in [3.05, 3.63) is 112 Å². The average molecular weight is 491 g/mol. The third-order valence-electron chi connectivity index (χ3n) is 5.60. The van der Waals surface area contributed by atoms with Crippen molar-refractivity contribution in [1.82, 2.24) is 20.2 Å². The van der Waals surface area contributed by atoms with Gasteiger partial charge in [-0.05, 0) is 35.7 Å². The lowest BCUT2D eigenvalue weighted by Gasteiger charge is -2.09. The zero-order valence-electron chi connectivity index (χ0n) is 18.2. The predicted octanol–water partition coefficient (Wildman–Crippen LogP) is 6.35. The third kappa shape index (κ3) is 4.48. The molecule has 0 aliphatic rings.